The molecule has 0 bridgehead atoms. The van der Waals surface area contributed by atoms with Crippen molar-refractivity contribution in [3.05, 3.63) is 74.4 Å². The number of aromatic nitrogens is 1. The molecular weight excluding hydrogens is 336 g/mol. The van der Waals surface area contributed by atoms with Gasteiger partial charge in [0, 0.05) is 16.3 Å². The maximum absolute atomic E-state index is 5.96. The number of nitrogens with zero attached hydrogens (tertiary/aromatic N) is 2. The second-order valence-electron chi connectivity index (χ2n) is 6.01. The molecule has 0 saturated carbocycles. The topological polar surface area (TPSA) is 29.3 Å². The SMILES string of the molecule is c1csc([C@H]2c3ccsc3CCN2Cc2nc3ccccc3o2)c1. The number of oxazole rings is 1. The lowest BCUT2D eigenvalue weighted by atomic mass is 9.98. The zero-order valence-electron chi connectivity index (χ0n) is 13.0. The van der Waals surface area contributed by atoms with Crippen LogP contribution < -0.4 is 0 Å². The summed E-state index contributed by atoms with van der Waals surface area (Å²) in [4.78, 5) is 10.1. The van der Waals surface area contributed by atoms with Crippen LogP contribution in [0.5, 0.6) is 0 Å². The molecule has 4 aromatic rings. The van der Waals surface area contributed by atoms with E-state index in [0.29, 0.717) is 6.04 Å². The second kappa shape index (κ2) is 5.84. The number of benzene rings is 1. The average Bonchev–Trinajstić information content (AvgIpc) is 3.34. The van der Waals surface area contributed by atoms with Crippen molar-refractivity contribution in [2.45, 2.75) is 19.0 Å². The smallest absolute Gasteiger partial charge is 0.209 e. The van der Waals surface area contributed by atoms with Crippen molar-refractivity contribution in [1.29, 1.82) is 0 Å². The third kappa shape index (κ3) is 2.40. The maximum atomic E-state index is 5.96. The molecule has 3 aromatic heterocycles. The molecule has 0 amide bonds. The van der Waals surface area contributed by atoms with Crippen LogP contribution in [0.3, 0.4) is 0 Å². The number of thiophene rings is 2. The van der Waals surface area contributed by atoms with Crippen molar-refractivity contribution in [2.24, 2.45) is 0 Å². The highest BCUT2D eigenvalue weighted by Gasteiger charge is 2.31. The Morgan fingerprint density at radius 2 is 2.04 bits per heavy atom. The van der Waals surface area contributed by atoms with E-state index in [9.17, 15) is 0 Å². The molecule has 4 heterocycles. The number of hydrogen-bond acceptors (Lipinski definition) is 5. The third-order valence-corrected chi connectivity index (χ3v) is 6.48. The standard InChI is InChI=1S/C19H16N2OS2/c1-2-5-15-14(4-1)20-18(22-15)12-21-9-7-16-13(8-11-24-16)19(21)17-6-3-10-23-17/h1-6,8,10-11,19H,7,9,12H2/t19-/m1/s1. The maximum Gasteiger partial charge on any atom is 0.209 e. The van der Waals surface area contributed by atoms with Gasteiger partial charge in [-0.2, -0.15) is 0 Å². The van der Waals surface area contributed by atoms with Gasteiger partial charge in [-0.3, -0.25) is 4.90 Å². The van der Waals surface area contributed by atoms with Gasteiger partial charge in [-0.1, -0.05) is 18.2 Å². The summed E-state index contributed by atoms with van der Waals surface area (Å²) < 4.78 is 5.96. The summed E-state index contributed by atoms with van der Waals surface area (Å²) in [5.74, 6) is 0.802. The van der Waals surface area contributed by atoms with Gasteiger partial charge in [-0.25, -0.2) is 4.98 Å². The molecule has 1 aromatic carbocycles. The van der Waals surface area contributed by atoms with Crippen LogP contribution in [0.4, 0.5) is 0 Å². The number of rotatable bonds is 3. The highest BCUT2D eigenvalue weighted by Crippen LogP contribution is 2.40. The van der Waals surface area contributed by atoms with E-state index in [4.69, 9.17) is 4.42 Å². The van der Waals surface area contributed by atoms with Gasteiger partial charge in [-0.05, 0) is 47.0 Å². The quantitative estimate of drug-likeness (QED) is 0.514. The Balaban J connectivity index is 1.52. The van der Waals surface area contributed by atoms with Gasteiger partial charge in [0.2, 0.25) is 5.89 Å². The predicted molar refractivity (Wildman–Crippen MR) is 98.6 cm³/mol. The molecule has 0 saturated heterocycles. The van der Waals surface area contributed by atoms with E-state index < -0.39 is 0 Å². The molecule has 120 valence electrons. The van der Waals surface area contributed by atoms with Gasteiger partial charge in [0.1, 0.15) is 5.52 Å². The summed E-state index contributed by atoms with van der Waals surface area (Å²) >= 11 is 3.71. The van der Waals surface area contributed by atoms with Crippen LogP contribution in [0.15, 0.2) is 57.6 Å². The van der Waals surface area contributed by atoms with Crippen LogP contribution in [0.1, 0.15) is 27.3 Å². The van der Waals surface area contributed by atoms with E-state index in [1.165, 1.54) is 15.3 Å². The molecule has 0 unspecified atom stereocenters. The summed E-state index contributed by atoms with van der Waals surface area (Å²) in [6.45, 7) is 1.78. The molecule has 0 N–H and O–H groups in total. The fraction of sp³-hybridized carbons (Fsp3) is 0.211. The minimum atomic E-state index is 0.315. The zero-order chi connectivity index (χ0) is 15.9. The van der Waals surface area contributed by atoms with Crippen molar-refractivity contribution in [3.63, 3.8) is 0 Å². The van der Waals surface area contributed by atoms with E-state index in [1.54, 1.807) is 0 Å². The van der Waals surface area contributed by atoms with Gasteiger partial charge in [0.15, 0.2) is 5.58 Å². The third-order valence-electron chi connectivity index (χ3n) is 4.55. The fourth-order valence-corrected chi connectivity index (χ4v) is 5.26. The number of hydrogen-bond donors (Lipinski definition) is 0. The van der Waals surface area contributed by atoms with Gasteiger partial charge in [-0.15, -0.1) is 22.7 Å². The van der Waals surface area contributed by atoms with Crippen LogP contribution in [0.25, 0.3) is 11.1 Å². The Hall–Kier alpha value is -1.95. The largest absolute Gasteiger partial charge is 0.439 e. The first-order valence-corrected chi connectivity index (χ1v) is 9.82. The molecule has 24 heavy (non-hydrogen) atoms. The summed E-state index contributed by atoms with van der Waals surface area (Å²) in [7, 11) is 0. The Morgan fingerprint density at radius 1 is 1.08 bits per heavy atom. The van der Waals surface area contributed by atoms with Crippen molar-refractivity contribution < 1.29 is 4.42 Å². The lowest BCUT2D eigenvalue weighted by Crippen LogP contribution is -2.34. The Morgan fingerprint density at radius 3 is 2.92 bits per heavy atom. The zero-order valence-corrected chi connectivity index (χ0v) is 14.6. The number of fused-ring (bicyclic) bond motifs is 2. The molecular formula is C19H16N2OS2. The van der Waals surface area contributed by atoms with Gasteiger partial charge in [0.05, 0.1) is 12.6 Å². The first-order chi connectivity index (χ1) is 11.9. The molecule has 1 aliphatic rings. The van der Waals surface area contributed by atoms with E-state index in [-0.39, 0.29) is 0 Å². The molecule has 5 heteroatoms. The second-order valence-corrected chi connectivity index (χ2v) is 7.99. The van der Waals surface area contributed by atoms with Crippen LogP contribution in [0.2, 0.25) is 0 Å². The normalized spacial score (nSPS) is 18.1. The average molecular weight is 352 g/mol. The Bertz CT molecular complexity index is 937. The van der Waals surface area contributed by atoms with Crippen LogP contribution in [-0.4, -0.2) is 16.4 Å². The van der Waals surface area contributed by atoms with Crippen molar-refractivity contribution >= 4 is 33.8 Å². The van der Waals surface area contributed by atoms with Crippen molar-refractivity contribution in [2.75, 3.05) is 6.54 Å². The van der Waals surface area contributed by atoms with Crippen molar-refractivity contribution in [1.82, 2.24) is 9.88 Å². The first-order valence-electron chi connectivity index (χ1n) is 8.06. The minimum absolute atomic E-state index is 0.315. The van der Waals surface area contributed by atoms with Crippen LogP contribution in [-0.2, 0) is 13.0 Å². The fourth-order valence-electron chi connectivity index (χ4n) is 3.48. The molecule has 0 radical (unpaired) electrons. The van der Waals surface area contributed by atoms with Gasteiger partial charge >= 0.3 is 0 Å². The van der Waals surface area contributed by atoms with Crippen molar-refractivity contribution in [3.8, 4) is 0 Å². The molecule has 0 fully saturated rings. The summed E-state index contributed by atoms with van der Waals surface area (Å²) in [5, 5.41) is 4.38. The van der Waals surface area contributed by atoms with Crippen LogP contribution in [0, 0.1) is 0 Å². The predicted octanol–water partition coefficient (Wildman–Crippen LogP) is 5.10. The summed E-state index contributed by atoms with van der Waals surface area (Å²) in [6.07, 6.45) is 1.11. The first kappa shape index (κ1) is 14.4. The minimum Gasteiger partial charge on any atom is -0.439 e. The number of para-hydroxylation sites is 2. The monoisotopic (exact) mass is 352 g/mol. The highest BCUT2D eigenvalue weighted by atomic mass is 32.1. The lowest BCUT2D eigenvalue weighted by molar-refractivity contribution is 0.191. The molecule has 3 nitrogen and oxygen atoms in total. The van der Waals surface area contributed by atoms with Crippen LogP contribution >= 0.6 is 22.7 Å². The Kier molecular flexibility index (Phi) is 3.51. The molecule has 1 aliphatic heterocycles. The molecule has 0 aliphatic carbocycles. The molecule has 1 atom stereocenters. The van der Waals surface area contributed by atoms with E-state index in [2.05, 4.69) is 38.8 Å². The highest BCUT2D eigenvalue weighted by molar-refractivity contribution is 7.10. The van der Waals surface area contributed by atoms with Gasteiger partial charge < -0.3 is 4.42 Å². The van der Waals surface area contributed by atoms with E-state index in [0.717, 1.165) is 36.5 Å². The van der Waals surface area contributed by atoms with E-state index in [1.807, 2.05) is 46.9 Å². The lowest BCUT2D eigenvalue weighted by Gasteiger charge is -2.34. The molecule has 5 rings (SSSR count). The Labute approximate surface area is 148 Å². The summed E-state index contributed by atoms with van der Waals surface area (Å²) in [5.41, 5.74) is 3.26. The van der Waals surface area contributed by atoms with Gasteiger partial charge in [0.25, 0.3) is 0 Å². The summed E-state index contributed by atoms with van der Waals surface area (Å²) in [6, 6.07) is 14.9. The van der Waals surface area contributed by atoms with E-state index >= 15 is 0 Å². The molecule has 0 spiro atoms.